The van der Waals surface area contributed by atoms with Gasteiger partial charge in [0.25, 0.3) is 0 Å². The fourth-order valence-electron chi connectivity index (χ4n) is 1.95. The molecule has 0 aromatic rings. The van der Waals surface area contributed by atoms with E-state index >= 15 is 0 Å². The Morgan fingerprint density at radius 1 is 0.647 bits per heavy atom. The van der Waals surface area contributed by atoms with Crippen molar-refractivity contribution < 1.29 is 0 Å². The average molecular weight is 241 g/mol. The Morgan fingerprint density at radius 2 is 1.12 bits per heavy atom. The number of nitrogens with one attached hydrogen (secondary N) is 1. The molecule has 0 bridgehead atoms. The second-order valence-corrected chi connectivity index (χ2v) is 7.61. The van der Waals surface area contributed by atoms with Gasteiger partial charge in [0.15, 0.2) is 0 Å². The van der Waals surface area contributed by atoms with Crippen molar-refractivity contribution in [3.8, 4) is 0 Å². The van der Waals surface area contributed by atoms with Crippen LogP contribution in [0.25, 0.3) is 0 Å². The SMILES string of the molecule is CC(C)(C)CCCCCCCCNC(C)(C)C. The zero-order chi connectivity index (χ0) is 13.4. The molecular formula is C16H35N. The molecule has 0 rings (SSSR count). The van der Waals surface area contributed by atoms with Gasteiger partial charge in [-0.15, -0.1) is 0 Å². The van der Waals surface area contributed by atoms with Crippen LogP contribution in [0.2, 0.25) is 0 Å². The summed E-state index contributed by atoms with van der Waals surface area (Å²) in [6.45, 7) is 14.9. The molecule has 0 aliphatic heterocycles. The highest BCUT2D eigenvalue weighted by molar-refractivity contribution is 4.69. The molecule has 0 heterocycles. The van der Waals surface area contributed by atoms with Crippen molar-refractivity contribution in [1.82, 2.24) is 5.32 Å². The van der Waals surface area contributed by atoms with E-state index in [-0.39, 0.29) is 5.54 Å². The van der Waals surface area contributed by atoms with Gasteiger partial charge in [0.1, 0.15) is 0 Å². The molecule has 0 aromatic heterocycles. The Kier molecular flexibility index (Phi) is 8.11. The summed E-state index contributed by atoms with van der Waals surface area (Å²) in [6.07, 6.45) is 9.75. The lowest BCUT2D eigenvalue weighted by Crippen LogP contribution is -2.36. The van der Waals surface area contributed by atoms with Crippen molar-refractivity contribution in [2.75, 3.05) is 6.54 Å². The molecule has 0 spiro atoms. The van der Waals surface area contributed by atoms with Gasteiger partial charge in [-0.3, -0.25) is 0 Å². The minimum absolute atomic E-state index is 0.284. The summed E-state index contributed by atoms with van der Waals surface area (Å²) < 4.78 is 0. The first kappa shape index (κ1) is 17.0. The van der Waals surface area contributed by atoms with Gasteiger partial charge in [-0.25, -0.2) is 0 Å². The van der Waals surface area contributed by atoms with Crippen molar-refractivity contribution >= 4 is 0 Å². The predicted octanol–water partition coefficient (Wildman–Crippen LogP) is 5.15. The molecule has 0 radical (unpaired) electrons. The molecule has 1 N–H and O–H groups in total. The van der Waals surface area contributed by atoms with E-state index in [0.717, 1.165) is 0 Å². The summed E-state index contributed by atoms with van der Waals surface area (Å²) in [4.78, 5) is 0. The smallest absolute Gasteiger partial charge is 0.00965 e. The van der Waals surface area contributed by atoms with Crippen LogP contribution in [0.5, 0.6) is 0 Å². The second-order valence-electron chi connectivity index (χ2n) is 7.61. The molecular weight excluding hydrogens is 206 g/mol. The summed E-state index contributed by atoms with van der Waals surface area (Å²) in [6, 6.07) is 0. The first-order chi connectivity index (χ1) is 7.71. The lowest BCUT2D eigenvalue weighted by Gasteiger charge is -2.20. The highest BCUT2D eigenvalue weighted by Gasteiger charge is 2.09. The fraction of sp³-hybridized carbons (Fsp3) is 1.00. The lowest BCUT2D eigenvalue weighted by atomic mass is 9.89. The fourth-order valence-corrected chi connectivity index (χ4v) is 1.95. The van der Waals surface area contributed by atoms with Gasteiger partial charge in [-0.1, -0.05) is 52.9 Å². The van der Waals surface area contributed by atoms with E-state index in [2.05, 4.69) is 46.9 Å². The Morgan fingerprint density at radius 3 is 1.59 bits per heavy atom. The number of unbranched alkanes of at least 4 members (excludes halogenated alkanes) is 5. The van der Waals surface area contributed by atoms with Crippen molar-refractivity contribution in [2.24, 2.45) is 5.41 Å². The quantitative estimate of drug-likeness (QED) is 0.579. The third-order valence-corrected chi connectivity index (χ3v) is 3.01. The molecule has 0 unspecified atom stereocenters. The van der Waals surface area contributed by atoms with Gasteiger partial charge in [-0.05, 0) is 45.6 Å². The molecule has 0 aliphatic carbocycles. The molecule has 0 saturated heterocycles. The molecule has 17 heavy (non-hydrogen) atoms. The zero-order valence-electron chi connectivity index (χ0n) is 13.2. The summed E-state index contributed by atoms with van der Waals surface area (Å²) >= 11 is 0. The van der Waals surface area contributed by atoms with E-state index in [1.165, 1.54) is 51.5 Å². The zero-order valence-corrected chi connectivity index (χ0v) is 13.2. The second kappa shape index (κ2) is 8.13. The summed E-state index contributed by atoms with van der Waals surface area (Å²) in [7, 11) is 0. The molecule has 1 nitrogen and oxygen atoms in total. The van der Waals surface area contributed by atoms with Crippen molar-refractivity contribution in [1.29, 1.82) is 0 Å². The van der Waals surface area contributed by atoms with E-state index in [4.69, 9.17) is 0 Å². The van der Waals surface area contributed by atoms with Crippen molar-refractivity contribution in [3.05, 3.63) is 0 Å². The Bertz CT molecular complexity index is 151. The van der Waals surface area contributed by atoms with E-state index in [1.54, 1.807) is 0 Å². The Labute approximate surface area is 110 Å². The standard InChI is InChI=1S/C16H35N/c1-15(2,3)13-11-9-7-8-10-12-14-17-16(4,5)6/h17H,7-14H2,1-6H3. The van der Waals surface area contributed by atoms with Gasteiger partial charge in [0.05, 0.1) is 0 Å². The van der Waals surface area contributed by atoms with Crippen LogP contribution in [0, 0.1) is 5.41 Å². The van der Waals surface area contributed by atoms with Crippen LogP contribution < -0.4 is 5.32 Å². The number of rotatable bonds is 8. The van der Waals surface area contributed by atoms with Gasteiger partial charge in [0, 0.05) is 5.54 Å². The van der Waals surface area contributed by atoms with Crippen LogP contribution in [0.1, 0.15) is 86.5 Å². The highest BCUT2D eigenvalue weighted by atomic mass is 14.9. The maximum absolute atomic E-state index is 3.54. The largest absolute Gasteiger partial charge is 0.312 e. The van der Waals surface area contributed by atoms with E-state index < -0.39 is 0 Å². The summed E-state index contributed by atoms with van der Waals surface area (Å²) in [5.74, 6) is 0. The van der Waals surface area contributed by atoms with Gasteiger partial charge in [0.2, 0.25) is 0 Å². The molecule has 104 valence electrons. The first-order valence-electron chi connectivity index (χ1n) is 7.46. The lowest BCUT2D eigenvalue weighted by molar-refractivity contribution is 0.356. The maximum Gasteiger partial charge on any atom is 0.00965 e. The number of hydrogen-bond acceptors (Lipinski definition) is 1. The average Bonchev–Trinajstić information content (AvgIpc) is 2.11. The third kappa shape index (κ3) is 16.0. The van der Waals surface area contributed by atoms with Gasteiger partial charge in [-0.2, -0.15) is 0 Å². The number of hydrogen-bond donors (Lipinski definition) is 1. The molecule has 0 amide bonds. The summed E-state index contributed by atoms with van der Waals surface area (Å²) in [5.41, 5.74) is 0.809. The molecule has 0 aromatic carbocycles. The minimum atomic E-state index is 0.284. The minimum Gasteiger partial charge on any atom is -0.312 e. The van der Waals surface area contributed by atoms with Crippen LogP contribution >= 0.6 is 0 Å². The third-order valence-electron chi connectivity index (χ3n) is 3.01. The molecule has 0 atom stereocenters. The molecule has 0 saturated carbocycles. The topological polar surface area (TPSA) is 12.0 Å². The monoisotopic (exact) mass is 241 g/mol. The Hall–Kier alpha value is -0.0400. The van der Waals surface area contributed by atoms with Crippen molar-refractivity contribution in [3.63, 3.8) is 0 Å². The van der Waals surface area contributed by atoms with Crippen LogP contribution in [0.3, 0.4) is 0 Å². The maximum atomic E-state index is 3.54. The van der Waals surface area contributed by atoms with E-state index in [9.17, 15) is 0 Å². The predicted molar refractivity (Wildman–Crippen MR) is 79.5 cm³/mol. The molecule has 1 heteroatoms. The Balaban J connectivity index is 3.15. The normalized spacial score (nSPS) is 13.1. The van der Waals surface area contributed by atoms with Crippen LogP contribution in [-0.4, -0.2) is 12.1 Å². The van der Waals surface area contributed by atoms with Crippen molar-refractivity contribution in [2.45, 2.75) is 92.0 Å². The van der Waals surface area contributed by atoms with Crippen LogP contribution in [0.15, 0.2) is 0 Å². The first-order valence-corrected chi connectivity index (χ1v) is 7.46. The molecule has 0 aliphatic rings. The highest BCUT2D eigenvalue weighted by Crippen LogP contribution is 2.22. The molecule has 0 fully saturated rings. The van der Waals surface area contributed by atoms with Crippen LogP contribution in [0.4, 0.5) is 0 Å². The van der Waals surface area contributed by atoms with Crippen LogP contribution in [-0.2, 0) is 0 Å². The van der Waals surface area contributed by atoms with Gasteiger partial charge >= 0.3 is 0 Å². The van der Waals surface area contributed by atoms with Gasteiger partial charge < -0.3 is 5.32 Å². The van der Waals surface area contributed by atoms with E-state index in [0.29, 0.717) is 5.41 Å². The van der Waals surface area contributed by atoms with E-state index in [1.807, 2.05) is 0 Å². The summed E-state index contributed by atoms with van der Waals surface area (Å²) in [5, 5.41) is 3.54.